The van der Waals surface area contributed by atoms with Crippen LogP contribution in [0.1, 0.15) is 30.1 Å². The smallest absolute Gasteiger partial charge is 0.337 e. The lowest BCUT2D eigenvalue weighted by atomic mass is 10.1. The summed E-state index contributed by atoms with van der Waals surface area (Å²) in [4.78, 5) is 20.0. The van der Waals surface area contributed by atoms with Crippen molar-refractivity contribution in [3.05, 3.63) is 17.8 Å². The van der Waals surface area contributed by atoms with Crippen molar-refractivity contribution >= 4 is 17.5 Å². The number of aromatic nitrogens is 1. The number of carboxylic acid groups (broad SMARTS) is 1. The second kappa shape index (κ2) is 4.94. The number of carbonyl (C=O) groups is 1. The maximum absolute atomic E-state index is 10.9. The van der Waals surface area contributed by atoms with Gasteiger partial charge in [-0.2, -0.15) is 0 Å². The van der Waals surface area contributed by atoms with Gasteiger partial charge in [-0.15, -0.1) is 0 Å². The van der Waals surface area contributed by atoms with E-state index in [0.717, 1.165) is 13.1 Å². The van der Waals surface area contributed by atoms with Crippen molar-refractivity contribution in [3.8, 4) is 0 Å². The Morgan fingerprint density at radius 3 is 3.00 bits per heavy atom. The Labute approximate surface area is 118 Å². The first kappa shape index (κ1) is 13.2. The molecule has 6 heteroatoms. The van der Waals surface area contributed by atoms with Gasteiger partial charge >= 0.3 is 5.97 Å². The third kappa shape index (κ3) is 2.20. The number of fused-ring (bicyclic) bond motifs is 1. The van der Waals surface area contributed by atoms with Crippen molar-refractivity contribution < 1.29 is 9.90 Å². The Morgan fingerprint density at radius 1 is 1.50 bits per heavy atom. The van der Waals surface area contributed by atoms with E-state index in [1.165, 1.54) is 31.6 Å². The fraction of sp³-hybridized carbons (Fsp3) is 0.571. The molecule has 0 aliphatic carbocycles. The number of hydrogen-bond acceptors (Lipinski definition) is 5. The standard InChI is InChI=1S/C14H20N4O2/c1-9-7-17-4-2-3-11(17)8-18(9)13-12(15)5-10(6-16-13)14(19)20/h5-6,9,11H,2-4,7-8,15H2,1H3,(H,19,20). The SMILES string of the molecule is CC1CN2CCCC2CN1c1ncc(C(=O)O)cc1N. The molecule has 3 rings (SSSR count). The van der Waals surface area contributed by atoms with Crippen LogP contribution in [-0.4, -0.2) is 52.7 Å². The number of piperazine rings is 1. The predicted molar refractivity (Wildman–Crippen MR) is 77.0 cm³/mol. The first-order valence-electron chi connectivity index (χ1n) is 7.06. The summed E-state index contributed by atoms with van der Waals surface area (Å²) in [5.74, 6) is -0.279. The summed E-state index contributed by atoms with van der Waals surface area (Å²) in [7, 11) is 0. The van der Waals surface area contributed by atoms with Crippen LogP contribution in [0.3, 0.4) is 0 Å². The number of nitrogens with two attached hydrogens (primary N) is 1. The van der Waals surface area contributed by atoms with Gasteiger partial charge in [-0.1, -0.05) is 0 Å². The first-order chi connectivity index (χ1) is 9.56. The molecule has 2 atom stereocenters. The molecule has 0 radical (unpaired) electrons. The van der Waals surface area contributed by atoms with Gasteiger partial charge in [0.25, 0.3) is 0 Å². The van der Waals surface area contributed by atoms with Crippen molar-refractivity contribution in [2.75, 3.05) is 30.3 Å². The molecular weight excluding hydrogens is 256 g/mol. The number of carboxylic acids is 1. The summed E-state index contributed by atoms with van der Waals surface area (Å²) in [5, 5.41) is 8.97. The van der Waals surface area contributed by atoms with Crippen molar-refractivity contribution in [1.82, 2.24) is 9.88 Å². The molecule has 3 heterocycles. The fourth-order valence-electron chi connectivity index (χ4n) is 3.31. The minimum atomic E-state index is -0.996. The molecule has 2 saturated heterocycles. The minimum Gasteiger partial charge on any atom is -0.478 e. The highest BCUT2D eigenvalue weighted by molar-refractivity contribution is 5.89. The van der Waals surface area contributed by atoms with Gasteiger partial charge in [-0.05, 0) is 32.4 Å². The third-order valence-electron chi connectivity index (χ3n) is 4.35. The maximum atomic E-state index is 10.9. The first-order valence-corrected chi connectivity index (χ1v) is 7.06. The molecule has 0 aromatic carbocycles. The highest BCUT2D eigenvalue weighted by atomic mass is 16.4. The molecule has 2 fully saturated rings. The van der Waals surface area contributed by atoms with Gasteiger partial charge in [0.1, 0.15) is 0 Å². The van der Waals surface area contributed by atoms with E-state index in [1.807, 2.05) is 0 Å². The van der Waals surface area contributed by atoms with Gasteiger partial charge < -0.3 is 15.7 Å². The lowest BCUT2D eigenvalue weighted by Crippen LogP contribution is -2.55. The molecule has 108 valence electrons. The van der Waals surface area contributed by atoms with Gasteiger partial charge in [0.2, 0.25) is 0 Å². The van der Waals surface area contributed by atoms with E-state index in [1.54, 1.807) is 0 Å². The molecule has 0 bridgehead atoms. The minimum absolute atomic E-state index is 0.137. The molecule has 0 saturated carbocycles. The summed E-state index contributed by atoms with van der Waals surface area (Å²) in [5.41, 5.74) is 6.59. The highest BCUT2D eigenvalue weighted by Crippen LogP contribution is 2.30. The Bertz CT molecular complexity index is 534. The second-order valence-corrected chi connectivity index (χ2v) is 5.73. The van der Waals surface area contributed by atoms with Crippen molar-refractivity contribution in [1.29, 1.82) is 0 Å². The molecule has 2 unspecified atom stereocenters. The molecule has 3 N–H and O–H groups in total. The molecule has 1 aromatic heterocycles. The van der Waals surface area contributed by atoms with Crippen molar-refractivity contribution in [2.45, 2.75) is 31.8 Å². The molecule has 1 aromatic rings. The maximum Gasteiger partial charge on any atom is 0.337 e. The Hall–Kier alpha value is -1.82. The van der Waals surface area contributed by atoms with Crippen LogP contribution in [0.2, 0.25) is 0 Å². The van der Waals surface area contributed by atoms with E-state index < -0.39 is 5.97 Å². The molecule has 20 heavy (non-hydrogen) atoms. The van der Waals surface area contributed by atoms with Gasteiger partial charge in [0, 0.05) is 31.4 Å². The van der Waals surface area contributed by atoms with Crippen LogP contribution in [0.4, 0.5) is 11.5 Å². The van der Waals surface area contributed by atoms with Gasteiger partial charge in [0.15, 0.2) is 5.82 Å². The van der Waals surface area contributed by atoms with Crippen LogP contribution >= 0.6 is 0 Å². The number of rotatable bonds is 2. The second-order valence-electron chi connectivity index (χ2n) is 5.73. The van der Waals surface area contributed by atoms with Gasteiger partial charge in [0.05, 0.1) is 11.3 Å². The van der Waals surface area contributed by atoms with Crippen LogP contribution < -0.4 is 10.6 Å². The quantitative estimate of drug-likeness (QED) is 0.839. The van der Waals surface area contributed by atoms with E-state index >= 15 is 0 Å². The zero-order valence-electron chi connectivity index (χ0n) is 11.6. The average molecular weight is 276 g/mol. The van der Waals surface area contributed by atoms with E-state index in [2.05, 4.69) is 21.7 Å². The van der Waals surface area contributed by atoms with Crippen LogP contribution in [0.15, 0.2) is 12.3 Å². The summed E-state index contributed by atoms with van der Waals surface area (Å²) in [6.45, 7) is 5.29. The average Bonchev–Trinajstić information content (AvgIpc) is 2.84. The lowest BCUT2D eigenvalue weighted by Gasteiger charge is -2.43. The predicted octanol–water partition coefficient (Wildman–Crippen LogP) is 1.03. The number of hydrogen-bond donors (Lipinski definition) is 2. The topological polar surface area (TPSA) is 82.7 Å². The summed E-state index contributed by atoms with van der Waals surface area (Å²) < 4.78 is 0. The molecule has 0 spiro atoms. The third-order valence-corrected chi connectivity index (χ3v) is 4.35. The normalized spacial score (nSPS) is 26.6. The van der Waals surface area contributed by atoms with Crippen LogP contribution in [0.5, 0.6) is 0 Å². The fourth-order valence-corrected chi connectivity index (χ4v) is 3.31. The summed E-state index contributed by atoms with van der Waals surface area (Å²) in [6, 6.07) is 2.42. The molecule has 6 nitrogen and oxygen atoms in total. The Morgan fingerprint density at radius 2 is 2.30 bits per heavy atom. The van der Waals surface area contributed by atoms with Crippen molar-refractivity contribution in [2.24, 2.45) is 0 Å². The number of nitrogens with zero attached hydrogens (tertiary/aromatic N) is 3. The molecule has 2 aliphatic heterocycles. The summed E-state index contributed by atoms with van der Waals surface area (Å²) in [6.07, 6.45) is 3.87. The van der Waals surface area contributed by atoms with Crippen LogP contribution in [-0.2, 0) is 0 Å². The van der Waals surface area contributed by atoms with E-state index in [4.69, 9.17) is 10.8 Å². The number of pyridine rings is 1. The summed E-state index contributed by atoms with van der Waals surface area (Å²) >= 11 is 0. The largest absolute Gasteiger partial charge is 0.478 e. The Balaban J connectivity index is 1.86. The molecule has 2 aliphatic rings. The zero-order valence-corrected chi connectivity index (χ0v) is 11.6. The van der Waals surface area contributed by atoms with E-state index in [0.29, 0.717) is 23.6 Å². The number of aromatic carboxylic acids is 1. The monoisotopic (exact) mass is 276 g/mol. The van der Waals surface area contributed by atoms with Crippen LogP contribution in [0.25, 0.3) is 0 Å². The molecular formula is C14H20N4O2. The zero-order chi connectivity index (χ0) is 14.3. The highest BCUT2D eigenvalue weighted by Gasteiger charge is 2.35. The number of anilines is 2. The lowest BCUT2D eigenvalue weighted by molar-refractivity contribution is 0.0696. The van der Waals surface area contributed by atoms with Gasteiger partial charge in [-0.3, -0.25) is 4.90 Å². The Kier molecular flexibility index (Phi) is 3.25. The van der Waals surface area contributed by atoms with Crippen molar-refractivity contribution in [3.63, 3.8) is 0 Å². The van der Waals surface area contributed by atoms with Crippen LogP contribution in [0, 0.1) is 0 Å². The number of nitrogen functional groups attached to an aromatic ring is 1. The van der Waals surface area contributed by atoms with E-state index in [9.17, 15) is 4.79 Å². The van der Waals surface area contributed by atoms with E-state index in [-0.39, 0.29) is 5.56 Å². The van der Waals surface area contributed by atoms with Gasteiger partial charge in [-0.25, -0.2) is 9.78 Å². The molecule has 0 amide bonds.